The van der Waals surface area contributed by atoms with Gasteiger partial charge in [0.25, 0.3) is 5.91 Å². The second kappa shape index (κ2) is 14.2. The number of aromatic hydroxyl groups is 1. The van der Waals surface area contributed by atoms with E-state index in [-0.39, 0.29) is 52.4 Å². The summed E-state index contributed by atoms with van der Waals surface area (Å²) < 4.78 is 28.4. The molecule has 0 aromatic heterocycles. The van der Waals surface area contributed by atoms with Gasteiger partial charge in [-0.15, -0.1) is 0 Å². The molecule has 0 bridgehead atoms. The van der Waals surface area contributed by atoms with Crippen molar-refractivity contribution in [1.29, 1.82) is 0 Å². The van der Waals surface area contributed by atoms with E-state index in [0.717, 1.165) is 31.3 Å². The molecule has 222 valence electrons. The van der Waals surface area contributed by atoms with Crippen LogP contribution in [0, 0.1) is 0 Å². The van der Waals surface area contributed by atoms with Crippen LogP contribution in [-0.4, -0.2) is 32.2 Å². The Hall–Kier alpha value is -3.13. The van der Waals surface area contributed by atoms with E-state index in [1.54, 1.807) is 0 Å². The summed E-state index contributed by atoms with van der Waals surface area (Å²) in [6.45, 7) is 8.34. The Labute approximate surface area is 241 Å². The summed E-state index contributed by atoms with van der Waals surface area (Å²) >= 11 is 0. The molecule has 0 fully saturated rings. The highest BCUT2D eigenvalue weighted by Gasteiger charge is 2.32. The lowest BCUT2D eigenvalue weighted by Crippen LogP contribution is -2.30. The van der Waals surface area contributed by atoms with Crippen LogP contribution in [0.3, 0.4) is 0 Å². The molecule has 5 N–H and O–H groups in total. The molecular weight excluding hydrogens is 566 g/mol. The number of benzene rings is 2. The molecule has 2 aromatic carbocycles. The molecule has 1 aliphatic heterocycles. The maximum absolute atomic E-state index is 13.8. The van der Waals surface area contributed by atoms with Gasteiger partial charge in [-0.25, -0.2) is 4.57 Å². The van der Waals surface area contributed by atoms with Crippen molar-refractivity contribution < 1.29 is 38.2 Å². The maximum atomic E-state index is 13.8. The van der Waals surface area contributed by atoms with Crippen molar-refractivity contribution in [2.24, 2.45) is 0 Å². The van der Waals surface area contributed by atoms with Crippen molar-refractivity contribution in [3.8, 4) is 11.5 Å². The summed E-state index contributed by atoms with van der Waals surface area (Å²) in [6, 6.07) is 7.18. The van der Waals surface area contributed by atoms with E-state index in [1.165, 1.54) is 46.4 Å². The van der Waals surface area contributed by atoms with Crippen LogP contribution in [0.15, 0.2) is 65.3 Å². The summed E-state index contributed by atoms with van der Waals surface area (Å²) in [6.07, 6.45) is 9.63. The topological polar surface area (TPSA) is 157 Å². The van der Waals surface area contributed by atoms with Crippen molar-refractivity contribution in [2.75, 3.05) is 16.8 Å². The van der Waals surface area contributed by atoms with Gasteiger partial charge < -0.3 is 24.7 Å². The number of nitrogens with one attached hydrogen (secondary N) is 1. The summed E-state index contributed by atoms with van der Waals surface area (Å²) in [5.74, 6) is -1.04. The zero-order valence-corrected chi connectivity index (χ0v) is 25.6. The van der Waals surface area contributed by atoms with Gasteiger partial charge in [-0.2, -0.15) is 0 Å². The number of rotatable bonds is 12. The second-order valence-electron chi connectivity index (χ2n) is 10.3. The fourth-order valence-corrected chi connectivity index (χ4v) is 5.42. The van der Waals surface area contributed by atoms with Gasteiger partial charge in [0.05, 0.1) is 16.9 Å². The monoisotopic (exact) mass is 604 g/mol. The lowest BCUT2D eigenvalue weighted by Gasteiger charge is -2.24. The quantitative estimate of drug-likeness (QED) is 0.0982. The number of amides is 1. The minimum atomic E-state index is -5.06. The minimum absolute atomic E-state index is 0.0317. The number of allylic oxidation sites excluding steroid dienone is 5. The Kier molecular flexibility index (Phi) is 11.2. The average molecular weight is 605 g/mol. The van der Waals surface area contributed by atoms with Crippen molar-refractivity contribution in [1.82, 2.24) is 0 Å². The molecule has 41 heavy (non-hydrogen) atoms. The van der Waals surface area contributed by atoms with Crippen LogP contribution in [0.4, 0.5) is 17.1 Å². The van der Waals surface area contributed by atoms with E-state index in [1.807, 2.05) is 13.0 Å². The van der Waals surface area contributed by atoms with Gasteiger partial charge in [0, 0.05) is 12.7 Å². The Morgan fingerprint density at radius 2 is 1.68 bits per heavy atom. The highest BCUT2D eigenvalue weighted by molar-refractivity contribution is 7.46. The molecule has 1 unspecified atom stereocenters. The zero-order valence-electron chi connectivity index (χ0n) is 23.7. The predicted octanol–water partition coefficient (Wildman–Crippen LogP) is 6.95. The molecule has 0 radical (unpaired) electrons. The zero-order chi connectivity index (χ0) is 30.3. The summed E-state index contributed by atoms with van der Waals surface area (Å²) in [7, 11) is -8.07. The Balaban J connectivity index is 1.99. The van der Waals surface area contributed by atoms with Gasteiger partial charge >= 0.3 is 7.82 Å². The van der Waals surface area contributed by atoms with Crippen LogP contribution in [0.1, 0.15) is 69.3 Å². The van der Waals surface area contributed by atoms with Crippen LogP contribution in [0.2, 0.25) is 0 Å². The number of fused-ring (bicyclic) bond motifs is 2. The fourth-order valence-electron chi connectivity index (χ4n) is 4.47. The molecule has 0 saturated heterocycles. The first kappa shape index (κ1) is 32.4. The number of anilines is 3. The largest absolute Gasteiger partial charge is 0.524 e. The number of carbonyl (C=O) groups excluding carboxylic acids is 1. The van der Waals surface area contributed by atoms with E-state index in [0.29, 0.717) is 0 Å². The molecule has 1 heterocycles. The highest BCUT2D eigenvalue weighted by atomic mass is 31.2. The number of hydrogen-bond acceptors (Lipinski definition) is 6. The SMILES string of the molecule is CC(C)=CCC/C(C)=C/CC/C(C)=C/CN1C(=O)c2cccc(O)c2Nc2c(OP(=O)(O)O)cc(C[PH](=O)O)cc21. The number of phenolic OH excluding ortho intramolecular Hbond substituents is 1. The van der Waals surface area contributed by atoms with Crippen molar-refractivity contribution >= 4 is 38.8 Å². The maximum Gasteiger partial charge on any atom is 0.524 e. The Bertz CT molecular complexity index is 1450. The third-order valence-electron chi connectivity index (χ3n) is 6.52. The van der Waals surface area contributed by atoms with Gasteiger partial charge in [-0.3, -0.25) is 19.1 Å². The van der Waals surface area contributed by atoms with Gasteiger partial charge in [0.2, 0.25) is 0 Å². The second-order valence-corrected chi connectivity index (χ2v) is 12.6. The van der Waals surface area contributed by atoms with Crippen LogP contribution in [-0.2, 0) is 15.3 Å². The molecule has 1 amide bonds. The molecule has 0 saturated carbocycles. The van der Waals surface area contributed by atoms with Crippen molar-refractivity contribution in [3.05, 3.63) is 76.4 Å². The van der Waals surface area contributed by atoms with Crippen LogP contribution < -0.4 is 14.7 Å². The first-order valence-electron chi connectivity index (χ1n) is 13.2. The molecule has 1 aliphatic rings. The number of para-hydroxylation sites is 1. The van der Waals surface area contributed by atoms with Gasteiger partial charge in [-0.05, 0) is 83.2 Å². The van der Waals surface area contributed by atoms with Crippen LogP contribution >= 0.6 is 15.9 Å². The first-order chi connectivity index (χ1) is 19.2. The predicted molar refractivity (Wildman–Crippen MR) is 163 cm³/mol. The number of hydrogen-bond donors (Lipinski definition) is 5. The Morgan fingerprint density at radius 1 is 1.02 bits per heavy atom. The number of carbonyl (C=O) groups is 1. The first-order valence-corrected chi connectivity index (χ1v) is 16.3. The standard InChI is InChI=1S/C29H38N2O8P2/c1-19(2)8-5-9-20(3)10-6-11-21(4)14-15-31-24-16-22(18-40(34)35)17-26(39-41(36,37)38)28(24)30-27-23(29(31)33)12-7-13-25(27)32/h7-8,10,12-14,16-17,30,32,40H,5-6,9,11,15,18H2,1-4H3,(H,34,35)(H2,36,37,38)/b20-10+,21-14+. The Morgan fingerprint density at radius 3 is 2.32 bits per heavy atom. The molecule has 2 aromatic rings. The molecule has 1 atom stereocenters. The molecule has 10 nitrogen and oxygen atoms in total. The van der Waals surface area contributed by atoms with Crippen molar-refractivity contribution in [3.63, 3.8) is 0 Å². The smallest absolute Gasteiger partial charge is 0.506 e. The van der Waals surface area contributed by atoms with E-state index >= 15 is 0 Å². The van der Waals surface area contributed by atoms with Crippen molar-refractivity contribution in [2.45, 2.75) is 59.5 Å². The summed E-state index contributed by atoms with van der Waals surface area (Å²) in [5, 5.41) is 13.4. The lowest BCUT2D eigenvalue weighted by atomic mass is 10.1. The van der Waals surface area contributed by atoms with Gasteiger partial charge in [0.1, 0.15) is 11.4 Å². The molecule has 12 heteroatoms. The van der Waals surface area contributed by atoms with E-state index in [4.69, 9.17) is 4.52 Å². The van der Waals surface area contributed by atoms with Crippen LogP contribution in [0.25, 0.3) is 0 Å². The summed E-state index contributed by atoms with van der Waals surface area (Å²) in [4.78, 5) is 43.9. The highest BCUT2D eigenvalue weighted by Crippen LogP contribution is 2.50. The number of nitrogens with zero attached hydrogens (tertiary/aromatic N) is 1. The van der Waals surface area contributed by atoms with E-state index in [2.05, 4.69) is 38.2 Å². The average Bonchev–Trinajstić information content (AvgIpc) is 2.96. The molecule has 3 rings (SSSR count). The number of phosphoric ester groups is 1. The molecular formula is C29H38N2O8P2. The minimum Gasteiger partial charge on any atom is -0.506 e. The van der Waals surface area contributed by atoms with Gasteiger partial charge in [-0.1, -0.05) is 41.0 Å². The lowest BCUT2D eigenvalue weighted by molar-refractivity contribution is 0.0990. The van der Waals surface area contributed by atoms with E-state index < -0.39 is 21.8 Å². The molecule has 0 aliphatic carbocycles. The number of phosphoric acid groups is 1. The third-order valence-corrected chi connectivity index (χ3v) is 7.66. The number of phenols is 1. The van der Waals surface area contributed by atoms with Gasteiger partial charge in [0.15, 0.2) is 13.8 Å². The third kappa shape index (κ3) is 9.45. The fraction of sp³-hybridized carbons (Fsp3) is 0.345. The van der Waals surface area contributed by atoms with Crippen LogP contribution in [0.5, 0.6) is 11.5 Å². The summed E-state index contributed by atoms with van der Waals surface area (Å²) in [5.41, 5.74) is 4.30. The molecule has 0 spiro atoms. The normalized spacial score (nSPS) is 14.5. The van der Waals surface area contributed by atoms with E-state index in [9.17, 15) is 33.7 Å².